The first-order chi connectivity index (χ1) is 16.4. The highest BCUT2D eigenvalue weighted by Crippen LogP contribution is 2.38. The fourth-order valence-electron chi connectivity index (χ4n) is 3.73. The molecule has 3 aromatic carbocycles. The van der Waals surface area contributed by atoms with Gasteiger partial charge in [-0.25, -0.2) is 4.79 Å². The molecule has 0 aliphatic carbocycles. The van der Waals surface area contributed by atoms with Gasteiger partial charge in [0.15, 0.2) is 17.3 Å². The van der Waals surface area contributed by atoms with E-state index in [0.717, 1.165) is 19.3 Å². The molecule has 0 saturated carbocycles. The summed E-state index contributed by atoms with van der Waals surface area (Å²) in [5.74, 6) is -0.584. The Morgan fingerprint density at radius 2 is 1.71 bits per heavy atom. The second-order valence-electron chi connectivity index (χ2n) is 7.92. The number of fused-ring (bicyclic) bond motifs is 1. The Balaban J connectivity index is 1.76. The summed E-state index contributed by atoms with van der Waals surface area (Å²) in [6.07, 6.45) is 3.39. The van der Waals surface area contributed by atoms with Gasteiger partial charge in [0.25, 0.3) is 0 Å². The summed E-state index contributed by atoms with van der Waals surface area (Å²) in [5, 5.41) is 20.9. The molecule has 0 amide bonds. The zero-order valence-electron chi connectivity index (χ0n) is 18.5. The standard InChI is InChI=1S/C27H23IO6/c1-2-3-5-10-22-25(26(31)17-11-12-20(29)19(28)13-17)18-14-21(30)24(15-23(18)33-22)34-27(32)16-8-6-4-7-9-16/h4,6-9,11-15,29-30H,2-3,5,10H2,1H3. The van der Waals surface area contributed by atoms with Crippen molar-refractivity contribution in [1.82, 2.24) is 0 Å². The number of phenolic OH excluding ortho intramolecular Hbond substituents is 2. The van der Waals surface area contributed by atoms with Crippen molar-refractivity contribution in [3.63, 3.8) is 0 Å². The summed E-state index contributed by atoms with van der Waals surface area (Å²) in [6, 6.07) is 15.9. The van der Waals surface area contributed by atoms with Crippen molar-refractivity contribution in [2.24, 2.45) is 0 Å². The number of aromatic hydroxyl groups is 2. The molecule has 2 N–H and O–H groups in total. The lowest BCUT2D eigenvalue weighted by atomic mass is 9.98. The van der Waals surface area contributed by atoms with Gasteiger partial charge in [-0.2, -0.15) is 0 Å². The van der Waals surface area contributed by atoms with Crippen LogP contribution in [0.4, 0.5) is 0 Å². The first-order valence-electron chi connectivity index (χ1n) is 11.0. The number of ketones is 1. The van der Waals surface area contributed by atoms with Gasteiger partial charge >= 0.3 is 5.97 Å². The van der Waals surface area contributed by atoms with E-state index in [4.69, 9.17) is 9.15 Å². The highest BCUT2D eigenvalue weighted by Gasteiger charge is 2.25. The Bertz CT molecular complexity index is 1360. The number of ether oxygens (including phenoxy) is 1. The van der Waals surface area contributed by atoms with Crippen molar-refractivity contribution >= 4 is 45.3 Å². The van der Waals surface area contributed by atoms with Crippen LogP contribution in [0.1, 0.15) is 58.2 Å². The van der Waals surface area contributed by atoms with E-state index in [0.29, 0.717) is 43.4 Å². The highest BCUT2D eigenvalue weighted by atomic mass is 127. The smallest absolute Gasteiger partial charge is 0.343 e. The topological polar surface area (TPSA) is 97.0 Å². The Morgan fingerprint density at radius 1 is 0.941 bits per heavy atom. The van der Waals surface area contributed by atoms with Gasteiger partial charge < -0.3 is 19.4 Å². The summed E-state index contributed by atoms with van der Waals surface area (Å²) in [6.45, 7) is 2.09. The lowest BCUT2D eigenvalue weighted by molar-refractivity contribution is 0.0729. The fourth-order valence-corrected chi connectivity index (χ4v) is 4.25. The molecule has 34 heavy (non-hydrogen) atoms. The van der Waals surface area contributed by atoms with Crippen LogP contribution in [-0.2, 0) is 6.42 Å². The van der Waals surface area contributed by atoms with Gasteiger partial charge in [-0.05, 0) is 65.4 Å². The maximum Gasteiger partial charge on any atom is 0.343 e. The number of esters is 1. The minimum atomic E-state index is -0.611. The van der Waals surface area contributed by atoms with Crippen LogP contribution in [-0.4, -0.2) is 22.0 Å². The van der Waals surface area contributed by atoms with Gasteiger partial charge in [0.1, 0.15) is 17.1 Å². The first-order valence-corrected chi connectivity index (χ1v) is 12.1. The van der Waals surface area contributed by atoms with Crippen molar-refractivity contribution < 1.29 is 29.0 Å². The molecule has 0 aliphatic rings. The number of benzene rings is 3. The molecule has 0 bridgehead atoms. The number of rotatable bonds is 8. The monoisotopic (exact) mass is 570 g/mol. The molecule has 0 radical (unpaired) electrons. The molecular formula is C27H23IO6. The number of unbranched alkanes of at least 4 members (excludes halogenated alkanes) is 2. The van der Waals surface area contributed by atoms with E-state index in [1.54, 1.807) is 42.5 Å². The van der Waals surface area contributed by atoms with Gasteiger partial charge in [-0.3, -0.25) is 4.79 Å². The van der Waals surface area contributed by atoms with Gasteiger partial charge in [-0.15, -0.1) is 0 Å². The molecule has 0 atom stereocenters. The first kappa shape index (κ1) is 23.8. The van der Waals surface area contributed by atoms with Crippen LogP contribution in [0, 0.1) is 3.57 Å². The van der Waals surface area contributed by atoms with Crippen LogP contribution >= 0.6 is 22.6 Å². The molecule has 0 saturated heterocycles. The molecule has 7 heteroatoms. The summed E-state index contributed by atoms with van der Waals surface area (Å²) < 4.78 is 12.0. The number of carbonyl (C=O) groups excluding carboxylic acids is 2. The largest absolute Gasteiger partial charge is 0.507 e. The Kier molecular flexibility index (Phi) is 7.21. The molecule has 1 heterocycles. The predicted molar refractivity (Wildman–Crippen MR) is 137 cm³/mol. The van der Waals surface area contributed by atoms with Crippen molar-refractivity contribution in [3.8, 4) is 17.2 Å². The van der Waals surface area contributed by atoms with Gasteiger partial charge in [0, 0.05) is 23.4 Å². The fraction of sp³-hybridized carbons (Fsp3) is 0.185. The maximum absolute atomic E-state index is 13.5. The minimum absolute atomic E-state index is 0.0478. The Morgan fingerprint density at radius 3 is 2.41 bits per heavy atom. The van der Waals surface area contributed by atoms with E-state index in [9.17, 15) is 19.8 Å². The van der Waals surface area contributed by atoms with E-state index < -0.39 is 5.97 Å². The van der Waals surface area contributed by atoms with Crippen LogP contribution in [0.25, 0.3) is 11.0 Å². The summed E-state index contributed by atoms with van der Waals surface area (Å²) in [5.41, 5.74) is 1.46. The number of phenols is 2. The molecule has 0 spiro atoms. The van der Waals surface area contributed by atoms with Gasteiger partial charge in [0.2, 0.25) is 0 Å². The molecule has 4 aromatic rings. The highest BCUT2D eigenvalue weighted by molar-refractivity contribution is 14.1. The predicted octanol–water partition coefficient (Wildman–Crippen LogP) is 6.63. The summed E-state index contributed by atoms with van der Waals surface area (Å²) >= 11 is 1.97. The van der Waals surface area contributed by atoms with Crippen molar-refractivity contribution in [3.05, 3.63) is 86.7 Å². The van der Waals surface area contributed by atoms with Crippen LogP contribution in [0.5, 0.6) is 17.2 Å². The van der Waals surface area contributed by atoms with Crippen molar-refractivity contribution in [2.75, 3.05) is 0 Å². The minimum Gasteiger partial charge on any atom is -0.507 e. The van der Waals surface area contributed by atoms with E-state index >= 15 is 0 Å². The van der Waals surface area contributed by atoms with Crippen molar-refractivity contribution in [1.29, 1.82) is 0 Å². The third-order valence-corrected chi connectivity index (χ3v) is 6.36. The molecule has 4 rings (SSSR count). The number of furan rings is 1. The Hall–Kier alpha value is -3.33. The summed E-state index contributed by atoms with van der Waals surface area (Å²) in [4.78, 5) is 25.9. The number of hydrogen-bond donors (Lipinski definition) is 2. The average Bonchev–Trinajstić information content (AvgIpc) is 3.18. The maximum atomic E-state index is 13.5. The van der Waals surface area contributed by atoms with Crippen LogP contribution in [0.3, 0.4) is 0 Å². The average molecular weight is 570 g/mol. The second kappa shape index (κ2) is 10.3. The molecule has 0 unspecified atom stereocenters. The third kappa shape index (κ3) is 4.94. The quantitative estimate of drug-likeness (QED) is 0.0812. The number of hydrogen-bond acceptors (Lipinski definition) is 6. The lowest BCUT2D eigenvalue weighted by Crippen LogP contribution is -2.08. The molecule has 0 fully saturated rings. The third-order valence-electron chi connectivity index (χ3n) is 5.50. The lowest BCUT2D eigenvalue weighted by Gasteiger charge is -2.07. The second-order valence-corrected chi connectivity index (χ2v) is 9.09. The van der Waals surface area contributed by atoms with Crippen LogP contribution < -0.4 is 4.74 Å². The SMILES string of the molecule is CCCCCc1oc2cc(OC(=O)c3ccccc3)c(O)cc2c1C(=O)c1ccc(O)c(I)c1. The molecule has 1 aromatic heterocycles. The van der Waals surface area contributed by atoms with E-state index in [2.05, 4.69) is 6.92 Å². The molecule has 174 valence electrons. The van der Waals surface area contributed by atoms with E-state index in [-0.39, 0.29) is 23.0 Å². The van der Waals surface area contributed by atoms with Crippen LogP contribution in [0.15, 0.2) is 65.1 Å². The normalized spacial score (nSPS) is 11.0. The zero-order chi connectivity index (χ0) is 24.2. The molecular weight excluding hydrogens is 547 g/mol. The molecule has 6 nitrogen and oxygen atoms in total. The van der Waals surface area contributed by atoms with Gasteiger partial charge in [0.05, 0.1) is 14.7 Å². The van der Waals surface area contributed by atoms with E-state index in [1.165, 1.54) is 18.2 Å². The molecule has 0 aliphatic heterocycles. The summed E-state index contributed by atoms with van der Waals surface area (Å²) in [7, 11) is 0. The number of carbonyl (C=O) groups is 2. The van der Waals surface area contributed by atoms with Gasteiger partial charge in [-0.1, -0.05) is 38.0 Å². The van der Waals surface area contributed by atoms with Crippen LogP contribution in [0.2, 0.25) is 0 Å². The van der Waals surface area contributed by atoms with Crippen molar-refractivity contribution in [2.45, 2.75) is 32.6 Å². The number of aryl methyl sites for hydroxylation is 1. The zero-order valence-corrected chi connectivity index (χ0v) is 20.7. The Labute approximate surface area is 210 Å². The van der Waals surface area contributed by atoms with E-state index in [1.807, 2.05) is 22.6 Å². The number of halogens is 1.